The first-order chi connectivity index (χ1) is 9.27. The highest BCUT2D eigenvalue weighted by molar-refractivity contribution is 5.97. The molecular formula is C15H28N2O3. The lowest BCUT2D eigenvalue weighted by Gasteiger charge is -2.41. The van der Waals surface area contributed by atoms with E-state index in [4.69, 9.17) is 4.74 Å². The molecule has 1 rings (SSSR count). The minimum atomic E-state index is -0.421. The average molecular weight is 284 g/mol. The van der Waals surface area contributed by atoms with Gasteiger partial charge in [-0.3, -0.25) is 9.59 Å². The van der Waals surface area contributed by atoms with Gasteiger partial charge in [0.1, 0.15) is 12.1 Å². The zero-order valence-corrected chi connectivity index (χ0v) is 13.5. The Balaban J connectivity index is 2.96. The van der Waals surface area contributed by atoms with Crippen LogP contribution in [0.2, 0.25) is 0 Å². The molecule has 1 saturated heterocycles. The smallest absolute Gasteiger partial charge is 0.246 e. The summed E-state index contributed by atoms with van der Waals surface area (Å²) in [6.07, 6.45) is 0.603. The molecule has 5 heteroatoms. The summed E-state index contributed by atoms with van der Waals surface area (Å²) >= 11 is 0. The highest BCUT2D eigenvalue weighted by atomic mass is 16.5. The number of ether oxygens (including phenoxy) is 1. The molecule has 0 aromatic heterocycles. The summed E-state index contributed by atoms with van der Waals surface area (Å²) in [7, 11) is 1.62. The number of hydrogen-bond donors (Lipinski definition) is 1. The van der Waals surface area contributed by atoms with E-state index in [2.05, 4.69) is 19.2 Å². The molecule has 3 atom stereocenters. The van der Waals surface area contributed by atoms with Crippen LogP contribution in [0.4, 0.5) is 0 Å². The van der Waals surface area contributed by atoms with Crippen molar-refractivity contribution in [1.82, 2.24) is 10.2 Å². The molecule has 0 saturated carbocycles. The van der Waals surface area contributed by atoms with Crippen molar-refractivity contribution in [1.29, 1.82) is 0 Å². The maximum atomic E-state index is 12.6. The summed E-state index contributed by atoms with van der Waals surface area (Å²) in [5.74, 6) is 0.413. The molecule has 0 aromatic rings. The summed E-state index contributed by atoms with van der Waals surface area (Å²) in [5.41, 5.74) is 0. The molecule has 1 aliphatic rings. The molecule has 0 spiro atoms. The lowest BCUT2D eigenvalue weighted by Crippen LogP contribution is -2.65. The van der Waals surface area contributed by atoms with Crippen LogP contribution >= 0.6 is 0 Å². The molecule has 1 fully saturated rings. The van der Waals surface area contributed by atoms with Crippen LogP contribution in [0.5, 0.6) is 0 Å². The zero-order chi connectivity index (χ0) is 15.4. The molecular weight excluding hydrogens is 256 g/mol. The van der Waals surface area contributed by atoms with Crippen molar-refractivity contribution in [2.75, 3.05) is 13.7 Å². The van der Waals surface area contributed by atoms with Crippen molar-refractivity contribution in [3.05, 3.63) is 0 Å². The van der Waals surface area contributed by atoms with E-state index in [9.17, 15) is 9.59 Å². The highest BCUT2D eigenvalue weighted by Crippen LogP contribution is 2.21. The SMILES string of the molecule is COC(C)CN1C(=O)C(C(C)C)NC(=O)C1CC(C)C. The number of carbonyl (C=O) groups excluding carboxylic acids is 2. The Hall–Kier alpha value is -1.10. The monoisotopic (exact) mass is 284 g/mol. The van der Waals surface area contributed by atoms with Gasteiger partial charge in [0.15, 0.2) is 0 Å². The summed E-state index contributed by atoms with van der Waals surface area (Å²) in [6.45, 7) is 10.4. The Morgan fingerprint density at radius 3 is 2.25 bits per heavy atom. The van der Waals surface area contributed by atoms with E-state index >= 15 is 0 Å². The molecule has 3 unspecified atom stereocenters. The molecule has 5 nitrogen and oxygen atoms in total. The fourth-order valence-corrected chi connectivity index (χ4v) is 2.49. The maximum absolute atomic E-state index is 12.6. The van der Waals surface area contributed by atoms with Crippen LogP contribution in [0.1, 0.15) is 41.0 Å². The van der Waals surface area contributed by atoms with Gasteiger partial charge in [0, 0.05) is 13.7 Å². The molecule has 0 aromatic carbocycles. The molecule has 20 heavy (non-hydrogen) atoms. The number of amides is 2. The number of carbonyl (C=O) groups is 2. The minimum Gasteiger partial charge on any atom is -0.380 e. The van der Waals surface area contributed by atoms with Crippen LogP contribution in [0.3, 0.4) is 0 Å². The predicted octanol–water partition coefficient (Wildman–Crippen LogP) is 1.42. The van der Waals surface area contributed by atoms with Crippen molar-refractivity contribution in [2.45, 2.75) is 59.2 Å². The number of methoxy groups -OCH3 is 1. The van der Waals surface area contributed by atoms with Gasteiger partial charge in [0.05, 0.1) is 6.10 Å². The van der Waals surface area contributed by atoms with Crippen molar-refractivity contribution < 1.29 is 14.3 Å². The zero-order valence-electron chi connectivity index (χ0n) is 13.5. The molecule has 0 aliphatic carbocycles. The van der Waals surface area contributed by atoms with Gasteiger partial charge in [-0.1, -0.05) is 27.7 Å². The molecule has 0 bridgehead atoms. The first-order valence-electron chi connectivity index (χ1n) is 7.41. The van der Waals surface area contributed by atoms with Gasteiger partial charge >= 0.3 is 0 Å². The Labute approximate surface area is 122 Å². The third-order valence-electron chi connectivity index (χ3n) is 3.74. The quantitative estimate of drug-likeness (QED) is 0.802. The van der Waals surface area contributed by atoms with E-state index in [1.165, 1.54) is 0 Å². The molecule has 2 amide bonds. The van der Waals surface area contributed by atoms with E-state index < -0.39 is 6.04 Å². The summed E-state index contributed by atoms with van der Waals surface area (Å²) < 4.78 is 5.26. The topological polar surface area (TPSA) is 58.6 Å². The van der Waals surface area contributed by atoms with Crippen LogP contribution in [0, 0.1) is 11.8 Å². The van der Waals surface area contributed by atoms with E-state index in [-0.39, 0.29) is 29.9 Å². The first kappa shape index (κ1) is 17.0. The lowest BCUT2D eigenvalue weighted by atomic mass is 9.93. The molecule has 1 N–H and O–H groups in total. The summed E-state index contributed by atoms with van der Waals surface area (Å²) in [5, 5.41) is 2.87. The average Bonchev–Trinajstić information content (AvgIpc) is 2.36. The summed E-state index contributed by atoms with van der Waals surface area (Å²) in [6, 6.07) is -0.801. The maximum Gasteiger partial charge on any atom is 0.246 e. The molecule has 1 heterocycles. The van der Waals surface area contributed by atoms with Gasteiger partial charge < -0.3 is 15.0 Å². The Bertz CT molecular complexity index is 355. The lowest BCUT2D eigenvalue weighted by molar-refractivity contribution is -0.153. The van der Waals surface area contributed by atoms with Gasteiger partial charge in [0.25, 0.3) is 0 Å². The molecule has 1 aliphatic heterocycles. The van der Waals surface area contributed by atoms with E-state index in [0.29, 0.717) is 18.9 Å². The second-order valence-electron chi connectivity index (χ2n) is 6.41. The second-order valence-corrected chi connectivity index (χ2v) is 6.41. The van der Waals surface area contributed by atoms with Crippen LogP contribution in [-0.4, -0.2) is 48.6 Å². The highest BCUT2D eigenvalue weighted by Gasteiger charge is 2.42. The van der Waals surface area contributed by atoms with Crippen LogP contribution in [0.15, 0.2) is 0 Å². The number of piperazine rings is 1. The fourth-order valence-electron chi connectivity index (χ4n) is 2.49. The largest absolute Gasteiger partial charge is 0.380 e. The Morgan fingerprint density at radius 1 is 1.20 bits per heavy atom. The minimum absolute atomic E-state index is 0.00847. The first-order valence-corrected chi connectivity index (χ1v) is 7.41. The van der Waals surface area contributed by atoms with Crippen LogP contribution in [0.25, 0.3) is 0 Å². The van der Waals surface area contributed by atoms with Crippen molar-refractivity contribution in [2.24, 2.45) is 11.8 Å². The van der Waals surface area contributed by atoms with E-state index in [1.807, 2.05) is 20.8 Å². The van der Waals surface area contributed by atoms with Crippen molar-refractivity contribution in [3.63, 3.8) is 0 Å². The predicted molar refractivity (Wildman–Crippen MR) is 78.2 cm³/mol. The summed E-state index contributed by atoms with van der Waals surface area (Å²) in [4.78, 5) is 26.6. The third-order valence-corrected chi connectivity index (χ3v) is 3.74. The van der Waals surface area contributed by atoms with Gasteiger partial charge in [-0.05, 0) is 25.2 Å². The van der Waals surface area contributed by atoms with Crippen molar-refractivity contribution in [3.8, 4) is 0 Å². The van der Waals surface area contributed by atoms with Gasteiger partial charge in [-0.15, -0.1) is 0 Å². The van der Waals surface area contributed by atoms with Crippen molar-refractivity contribution >= 4 is 11.8 Å². The Kier molecular flexibility index (Phi) is 5.99. The van der Waals surface area contributed by atoms with Gasteiger partial charge in [0.2, 0.25) is 11.8 Å². The number of nitrogens with one attached hydrogen (secondary N) is 1. The standard InChI is InChI=1S/C15H28N2O3/c1-9(2)7-12-14(18)16-13(10(3)4)15(19)17(12)8-11(5)20-6/h9-13H,7-8H2,1-6H3,(H,16,18). The van der Waals surface area contributed by atoms with Gasteiger partial charge in [-0.25, -0.2) is 0 Å². The Morgan fingerprint density at radius 2 is 1.80 bits per heavy atom. The second kappa shape index (κ2) is 7.07. The molecule has 0 radical (unpaired) electrons. The van der Waals surface area contributed by atoms with E-state index in [1.54, 1.807) is 12.0 Å². The van der Waals surface area contributed by atoms with Gasteiger partial charge in [-0.2, -0.15) is 0 Å². The normalized spacial score (nSPS) is 25.3. The number of rotatable bonds is 6. The number of nitrogens with zero attached hydrogens (tertiary/aromatic N) is 1. The third kappa shape index (κ3) is 3.95. The molecule has 116 valence electrons. The fraction of sp³-hybridized carbons (Fsp3) is 0.867. The van der Waals surface area contributed by atoms with Crippen LogP contribution in [-0.2, 0) is 14.3 Å². The number of hydrogen-bond acceptors (Lipinski definition) is 3. The van der Waals surface area contributed by atoms with Crippen LogP contribution < -0.4 is 5.32 Å². The van der Waals surface area contributed by atoms with E-state index in [0.717, 1.165) is 0 Å².